The second-order valence-electron chi connectivity index (χ2n) is 7.14. The van der Waals surface area contributed by atoms with Gasteiger partial charge in [0.05, 0.1) is 11.5 Å². The van der Waals surface area contributed by atoms with E-state index in [2.05, 4.69) is 13.2 Å². The van der Waals surface area contributed by atoms with E-state index < -0.39 is 41.5 Å². The summed E-state index contributed by atoms with van der Waals surface area (Å²) in [5, 5.41) is 10.7. The van der Waals surface area contributed by atoms with Gasteiger partial charge in [0, 0.05) is 17.6 Å². The average molecular weight is 346 g/mol. The number of fused-ring (bicyclic) bond motifs is 3. The molecule has 6 nitrogen and oxygen atoms in total. The molecule has 0 aromatic heterocycles. The maximum absolute atomic E-state index is 12.1. The van der Waals surface area contributed by atoms with Crippen LogP contribution in [0.2, 0.25) is 0 Å². The quantitative estimate of drug-likeness (QED) is 0.468. The molecule has 6 heteroatoms. The Morgan fingerprint density at radius 1 is 1.44 bits per heavy atom. The van der Waals surface area contributed by atoms with E-state index in [1.807, 2.05) is 0 Å². The second-order valence-corrected chi connectivity index (χ2v) is 7.14. The van der Waals surface area contributed by atoms with Crippen molar-refractivity contribution < 1.29 is 28.9 Å². The van der Waals surface area contributed by atoms with Crippen LogP contribution in [-0.2, 0) is 23.8 Å². The van der Waals surface area contributed by atoms with Crippen LogP contribution in [0, 0.1) is 5.92 Å². The zero-order valence-corrected chi connectivity index (χ0v) is 14.6. The fourth-order valence-electron chi connectivity index (χ4n) is 3.46. The first-order valence-corrected chi connectivity index (χ1v) is 8.13. The molecule has 0 saturated carbocycles. The number of hydrogen-bond donors (Lipinski definition) is 1. The van der Waals surface area contributed by atoms with Gasteiger partial charge < -0.3 is 19.3 Å². The molecule has 0 radical (unpaired) electrons. The molecule has 1 saturated heterocycles. The molecule has 0 unspecified atom stereocenters. The maximum Gasteiger partial charge on any atom is 0.334 e. The molecule has 134 valence electrons. The minimum Gasteiger partial charge on any atom is -0.458 e. The van der Waals surface area contributed by atoms with E-state index >= 15 is 0 Å². The van der Waals surface area contributed by atoms with E-state index in [0.717, 1.165) is 0 Å². The van der Waals surface area contributed by atoms with E-state index in [-0.39, 0.29) is 17.6 Å². The lowest BCUT2D eigenvalue weighted by molar-refractivity contribution is -0.188. The molecule has 5 atom stereocenters. The summed E-state index contributed by atoms with van der Waals surface area (Å²) >= 11 is 0. The lowest BCUT2D eigenvalue weighted by Crippen LogP contribution is -2.40. The first-order chi connectivity index (χ1) is 11.5. The Balaban J connectivity index is 2.06. The molecule has 25 heavy (non-hydrogen) atoms. The summed E-state index contributed by atoms with van der Waals surface area (Å²) in [7, 11) is 0. The van der Waals surface area contributed by atoms with Crippen molar-refractivity contribution in [2.45, 2.75) is 50.8 Å². The van der Waals surface area contributed by atoms with Crippen molar-refractivity contribution in [2.24, 2.45) is 5.92 Å². The third-order valence-electron chi connectivity index (χ3n) is 4.91. The normalized spacial score (nSPS) is 41.8. The van der Waals surface area contributed by atoms with Crippen molar-refractivity contribution in [2.75, 3.05) is 0 Å². The van der Waals surface area contributed by atoms with Crippen LogP contribution in [0.5, 0.6) is 0 Å². The number of carbonyl (C=O) groups is 2. The van der Waals surface area contributed by atoms with Crippen molar-refractivity contribution in [3.05, 3.63) is 48.1 Å². The predicted octanol–water partition coefficient (Wildman–Crippen LogP) is 1.96. The van der Waals surface area contributed by atoms with Crippen molar-refractivity contribution in [3.8, 4) is 0 Å². The van der Waals surface area contributed by atoms with Gasteiger partial charge in [-0.1, -0.05) is 19.2 Å². The van der Waals surface area contributed by atoms with Crippen molar-refractivity contribution >= 4 is 11.9 Å². The summed E-state index contributed by atoms with van der Waals surface area (Å²) in [6, 6.07) is 0. The molecule has 0 amide bonds. The van der Waals surface area contributed by atoms with Crippen LogP contribution in [0.3, 0.4) is 0 Å². The van der Waals surface area contributed by atoms with Crippen molar-refractivity contribution in [1.29, 1.82) is 0 Å². The molecule has 3 aliphatic heterocycles. The van der Waals surface area contributed by atoms with Gasteiger partial charge in [0.1, 0.15) is 12.2 Å². The Labute approximate surface area is 146 Å². The molecule has 0 aliphatic carbocycles. The zero-order chi connectivity index (χ0) is 18.6. The lowest BCUT2D eigenvalue weighted by Gasteiger charge is -2.33. The van der Waals surface area contributed by atoms with Crippen LogP contribution in [0.15, 0.2) is 48.1 Å². The average Bonchev–Trinajstić information content (AvgIpc) is 2.97. The molecule has 3 aliphatic rings. The first-order valence-electron chi connectivity index (χ1n) is 8.13. The number of aliphatic hydroxyl groups is 1. The molecular weight excluding hydrogens is 324 g/mol. The zero-order valence-electron chi connectivity index (χ0n) is 14.6. The molecule has 2 bridgehead atoms. The van der Waals surface area contributed by atoms with Gasteiger partial charge in [-0.3, -0.25) is 0 Å². The largest absolute Gasteiger partial charge is 0.458 e. The fourth-order valence-corrected chi connectivity index (χ4v) is 3.46. The van der Waals surface area contributed by atoms with Gasteiger partial charge in [0.15, 0.2) is 0 Å². The molecule has 3 heterocycles. The van der Waals surface area contributed by atoms with Crippen LogP contribution in [-0.4, -0.2) is 40.6 Å². The van der Waals surface area contributed by atoms with Crippen molar-refractivity contribution in [3.63, 3.8) is 0 Å². The van der Waals surface area contributed by atoms with Crippen LogP contribution >= 0.6 is 0 Å². The van der Waals surface area contributed by atoms with Gasteiger partial charge in [0.25, 0.3) is 0 Å². The summed E-state index contributed by atoms with van der Waals surface area (Å²) in [6.45, 7) is 12.4. The SMILES string of the molecule is C=C(C)C(=O)O[C@@H]1C[C@@]2(C)C=C[C@@](O)(O2)/C(C)=C\[C@H]2OC(=O)C(=C)[C@@H]21. The molecule has 1 fully saturated rings. The Morgan fingerprint density at radius 2 is 2.12 bits per heavy atom. The van der Waals surface area contributed by atoms with Gasteiger partial charge in [-0.15, -0.1) is 0 Å². The molecule has 0 spiro atoms. The lowest BCUT2D eigenvalue weighted by atomic mass is 9.83. The second kappa shape index (κ2) is 5.68. The summed E-state index contributed by atoms with van der Waals surface area (Å²) in [5.41, 5.74) is 0.122. The van der Waals surface area contributed by atoms with Gasteiger partial charge in [-0.05, 0) is 38.5 Å². The molecular formula is C19H22O6. The standard InChI is InChI=1S/C19H22O6/c1-10(2)16(20)24-14-9-18(5)6-7-19(22,25-18)11(3)8-13-15(14)12(4)17(21)23-13/h6-8,13-15,22H,1,4,9H2,2-3,5H3/b11-8-/t13-,14-,15+,18-,19-/m1/s1. The van der Waals surface area contributed by atoms with Crippen LogP contribution in [0.25, 0.3) is 0 Å². The Bertz CT molecular complexity index is 732. The van der Waals surface area contributed by atoms with E-state index in [1.165, 1.54) is 0 Å². The van der Waals surface area contributed by atoms with Gasteiger partial charge >= 0.3 is 11.9 Å². The predicted molar refractivity (Wildman–Crippen MR) is 89.2 cm³/mol. The number of ether oxygens (including phenoxy) is 3. The Morgan fingerprint density at radius 3 is 2.76 bits per heavy atom. The smallest absolute Gasteiger partial charge is 0.334 e. The number of rotatable bonds is 2. The highest BCUT2D eigenvalue weighted by molar-refractivity contribution is 5.91. The number of hydrogen-bond acceptors (Lipinski definition) is 6. The van der Waals surface area contributed by atoms with E-state index in [0.29, 0.717) is 5.57 Å². The van der Waals surface area contributed by atoms with Gasteiger partial charge in [0.2, 0.25) is 5.79 Å². The Kier molecular flexibility index (Phi) is 4.00. The highest BCUT2D eigenvalue weighted by Crippen LogP contribution is 2.44. The number of esters is 2. The fraction of sp³-hybridized carbons (Fsp3) is 0.474. The molecule has 0 aromatic carbocycles. The molecule has 1 N–H and O–H groups in total. The minimum absolute atomic E-state index is 0.239. The first kappa shape index (κ1) is 17.6. The van der Waals surface area contributed by atoms with Crippen LogP contribution < -0.4 is 0 Å². The number of carbonyl (C=O) groups excluding carboxylic acids is 2. The topological polar surface area (TPSA) is 82.1 Å². The summed E-state index contributed by atoms with van der Waals surface area (Å²) in [5.74, 6) is -3.23. The van der Waals surface area contributed by atoms with Crippen LogP contribution in [0.1, 0.15) is 27.2 Å². The van der Waals surface area contributed by atoms with E-state index in [9.17, 15) is 14.7 Å². The van der Waals surface area contributed by atoms with Crippen molar-refractivity contribution in [1.82, 2.24) is 0 Å². The van der Waals surface area contributed by atoms with E-state index in [1.54, 1.807) is 39.0 Å². The third kappa shape index (κ3) is 2.96. The van der Waals surface area contributed by atoms with Crippen LogP contribution in [0.4, 0.5) is 0 Å². The monoisotopic (exact) mass is 346 g/mol. The Hall–Kier alpha value is -2.18. The highest BCUT2D eigenvalue weighted by Gasteiger charge is 2.52. The van der Waals surface area contributed by atoms with E-state index in [4.69, 9.17) is 14.2 Å². The molecule has 3 rings (SSSR count). The summed E-state index contributed by atoms with van der Waals surface area (Å²) in [4.78, 5) is 24.2. The maximum atomic E-state index is 12.1. The third-order valence-corrected chi connectivity index (χ3v) is 4.91. The minimum atomic E-state index is -1.58. The molecule has 0 aromatic rings. The van der Waals surface area contributed by atoms with Gasteiger partial charge in [-0.25, -0.2) is 9.59 Å². The summed E-state index contributed by atoms with van der Waals surface area (Å²) < 4.78 is 16.8. The van der Waals surface area contributed by atoms with Gasteiger partial charge in [-0.2, -0.15) is 0 Å². The summed E-state index contributed by atoms with van der Waals surface area (Å²) in [6.07, 6.45) is 3.76. The highest BCUT2D eigenvalue weighted by atomic mass is 16.6.